The van der Waals surface area contributed by atoms with Gasteiger partial charge in [-0.05, 0) is 0 Å². The van der Waals surface area contributed by atoms with Crippen LogP contribution in [0.25, 0.3) is 0 Å². The molecule has 0 aromatic carbocycles. The molecule has 0 saturated carbocycles. The van der Waals surface area contributed by atoms with E-state index in [9.17, 15) is 13.2 Å². The summed E-state index contributed by atoms with van der Waals surface area (Å²) in [5.74, 6) is -1.47. The summed E-state index contributed by atoms with van der Waals surface area (Å²) in [6, 6.07) is -0.0886. The van der Waals surface area contributed by atoms with Gasteiger partial charge in [0.15, 0.2) is 0 Å². The van der Waals surface area contributed by atoms with Crippen LogP contribution in [0.15, 0.2) is 0 Å². The Hall–Kier alpha value is -0.660. The molecule has 0 aliphatic carbocycles. The molecule has 1 aliphatic heterocycles. The third-order valence-corrected chi connectivity index (χ3v) is 2.82. The highest BCUT2D eigenvalue weighted by Crippen LogP contribution is 1.94. The maximum atomic E-state index is 11.0. The van der Waals surface area contributed by atoms with E-state index in [1.54, 1.807) is 0 Å². The van der Waals surface area contributed by atoms with Crippen molar-refractivity contribution in [2.45, 2.75) is 6.04 Å². The van der Waals surface area contributed by atoms with Gasteiger partial charge >= 0.3 is 0 Å². The summed E-state index contributed by atoms with van der Waals surface area (Å²) >= 11 is 0. The molecule has 1 aliphatic rings. The van der Waals surface area contributed by atoms with E-state index in [1.807, 2.05) is 0 Å². The fourth-order valence-corrected chi connectivity index (χ4v) is 1.99. The predicted octanol–water partition coefficient (Wildman–Crippen LogP) is -2.64. The number of amides is 1. The maximum absolute atomic E-state index is 11.0. The van der Waals surface area contributed by atoms with Crippen molar-refractivity contribution in [2.24, 2.45) is 5.73 Å². The Morgan fingerprint density at radius 2 is 2.17 bits per heavy atom. The molecule has 70 valence electrons. The Labute approximate surface area is 70.6 Å². The summed E-state index contributed by atoms with van der Waals surface area (Å²) in [5, 5.41) is 2.89. The number of carbonyl (C=O) groups excluding carboxylic acids is 1. The van der Waals surface area contributed by atoms with E-state index in [4.69, 9.17) is 5.73 Å². The number of nitrogens with two attached hydrogens (primary N) is 1. The molecule has 6 nitrogen and oxygen atoms in total. The molecule has 0 aromatic heterocycles. The van der Waals surface area contributed by atoms with Gasteiger partial charge in [-0.3, -0.25) is 4.79 Å². The zero-order chi connectivity index (χ0) is 9.19. The lowest BCUT2D eigenvalue weighted by Gasteiger charge is -2.27. The van der Waals surface area contributed by atoms with Gasteiger partial charge in [-0.15, -0.1) is 0 Å². The minimum atomic E-state index is -3.51. The van der Waals surface area contributed by atoms with E-state index < -0.39 is 21.7 Å². The quantitative estimate of drug-likeness (QED) is 0.454. The number of hydrogen-bond acceptors (Lipinski definition) is 4. The Morgan fingerprint density at radius 1 is 1.58 bits per heavy atom. The third kappa shape index (κ3) is 2.76. The number of hydrogen-bond donors (Lipinski definition) is 3. The molecule has 0 spiro atoms. The first-order valence-corrected chi connectivity index (χ1v) is 5.14. The SMILES string of the molecule is NC(=O)CS(=O)(=O)NC1CNC1. The molecule has 1 amide bonds. The summed E-state index contributed by atoms with van der Waals surface area (Å²) in [6.45, 7) is 1.22. The first kappa shape index (κ1) is 9.43. The molecule has 12 heavy (non-hydrogen) atoms. The molecule has 1 saturated heterocycles. The van der Waals surface area contributed by atoms with Crippen LogP contribution in [-0.2, 0) is 14.8 Å². The molecule has 1 rings (SSSR count). The summed E-state index contributed by atoms with van der Waals surface area (Å²) in [7, 11) is -3.51. The molecule has 1 heterocycles. The van der Waals surface area contributed by atoms with Gasteiger partial charge in [-0.2, -0.15) is 0 Å². The summed E-state index contributed by atoms with van der Waals surface area (Å²) in [5.41, 5.74) is 4.74. The van der Waals surface area contributed by atoms with E-state index in [0.29, 0.717) is 13.1 Å². The minimum Gasteiger partial charge on any atom is -0.369 e. The van der Waals surface area contributed by atoms with E-state index in [1.165, 1.54) is 0 Å². The van der Waals surface area contributed by atoms with Crippen molar-refractivity contribution in [1.29, 1.82) is 0 Å². The molecule has 0 atom stereocenters. The van der Waals surface area contributed by atoms with Gasteiger partial charge in [0.25, 0.3) is 0 Å². The van der Waals surface area contributed by atoms with Crippen LogP contribution in [-0.4, -0.2) is 39.2 Å². The van der Waals surface area contributed by atoms with Gasteiger partial charge in [0.05, 0.1) is 0 Å². The fourth-order valence-electron chi connectivity index (χ4n) is 0.855. The zero-order valence-corrected chi connectivity index (χ0v) is 7.23. The lowest BCUT2D eigenvalue weighted by atomic mass is 10.2. The minimum absolute atomic E-state index is 0.0886. The highest BCUT2D eigenvalue weighted by Gasteiger charge is 2.23. The van der Waals surface area contributed by atoms with Crippen LogP contribution >= 0.6 is 0 Å². The van der Waals surface area contributed by atoms with Gasteiger partial charge in [0.1, 0.15) is 5.75 Å². The first-order valence-electron chi connectivity index (χ1n) is 3.48. The zero-order valence-electron chi connectivity index (χ0n) is 6.41. The van der Waals surface area contributed by atoms with E-state index in [-0.39, 0.29) is 6.04 Å². The fraction of sp³-hybridized carbons (Fsp3) is 0.800. The first-order chi connectivity index (χ1) is 5.49. The lowest BCUT2D eigenvalue weighted by Crippen LogP contribution is -2.57. The van der Waals surface area contributed by atoms with Crippen molar-refractivity contribution in [2.75, 3.05) is 18.8 Å². The van der Waals surface area contributed by atoms with Crippen molar-refractivity contribution in [1.82, 2.24) is 10.0 Å². The van der Waals surface area contributed by atoms with Crippen LogP contribution in [0, 0.1) is 0 Å². The number of sulfonamides is 1. The van der Waals surface area contributed by atoms with Crippen LogP contribution in [0.5, 0.6) is 0 Å². The highest BCUT2D eigenvalue weighted by molar-refractivity contribution is 7.90. The summed E-state index contributed by atoms with van der Waals surface area (Å²) < 4.78 is 24.3. The number of primary amides is 1. The molecule has 0 unspecified atom stereocenters. The largest absolute Gasteiger partial charge is 0.369 e. The molecule has 4 N–H and O–H groups in total. The van der Waals surface area contributed by atoms with E-state index in [2.05, 4.69) is 10.0 Å². The number of rotatable bonds is 4. The normalized spacial score (nSPS) is 18.7. The second-order valence-corrected chi connectivity index (χ2v) is 4.45. The van der Waals surface area contributed by atoms with Crippen LogP contribution in [0.2, 0.25) is 0 Å². The van der Waals surface area contributed by atoms with Crippen molar-refractivity contribution in [3.05, 3.63) is 0 Å². The predicted molar refractivity (Wildman–Crippen MR) is 42.8 cm³/mol. The second-order valence-electron chi connectivity index (χ2n) is 2.70. The lowest BCUT2D eigenvalue weighted by molar-refractivity contribution is -0.115. The van der Waals surface area contributed by atoms with Gasteiger partial charge in [-0.1, -0.05) is 0 Å². The molecule has 1 fully saturated rings. The van der Waals surface area contributed by atoms with Gasteiger partial charge < -0.3 is 11.1 Å². The Morgan fingerprint density at radius 3 is 2.50 bits per heavy atom. The summed E-state index contributed by atoms with van der Waals surface area (Å²) in [4.78, 5) is 10.3. The molecular formula is C5H11N3O3S. The van der Waals surface area contributed by atoms with Crippen molar-refractivity contribution in [3.63, 3.8) is 0 Å². The Balaban J connectivity index is 2.42. The van der Waals surface area contributed by atoms with E-state index >= 15 is 0 Å². The average molecular weight is 193 g/mol. The van der Waals surface area contributed by atoms with Crippen molar-refractivity contribution >= 4 is 15.9 Å². The molecule has 0 aromatic rings. The highest BCUT2D eigenvalue weighted by atomic mass is 32.2. The Kier molecular flexibility index (Phi) is 2.65. The van der Waals surface area contributed by atoms with Crippen LogP contribution < -0.4 is 15.8 Å². The average Bonchev–Trinajstić information content (AvgIpc) is 1.76. The van der Waals surface area contributed by atoms with Crippen molar-refractivity contribution in [3.8, 4) is 0 Å². The maximum Gasteiger partial charge on any atom is 0.234 e. The monoisotopic (exact) mass is 193 g/mol. The Bertz CT molecular complexity index is 270. The topological polar surface area (TPSA) is 101 Å². The smallest absolute Gasteiger partial charge is 0.234 e. The molecule has 0 radical (unpaired) electrons. The van der Waals surface area contributed by atoms with Gasteiger partial charge in [-0.25, -0.2) is 13.1 Å². The number of carbonyl (C=O) groups is 1. The van der Waals surface area contributed by atoms with E-state index in [0.717, 1.165) is 0 Å². The number of nitrogens with one attached hydrogen (secondary N) is 2. The standard InChI is InChI=1S/C5H11N3O3S/c6-5(9)3-12(10,11)8-4-1-7-2-4/h4,7-8H,1-3H2,(H2,6,9). The van der Waals surface area contributed by atoms with Gasteiger partial charge in [0.2, 0.25) is 15.9 Å². The van der Waals surface area contributed by atoms with Crippen molar-refractivity contribution < 1.29 is 13.2 Å². The van der Waals surface area contributed by atoms with Gasteiger partial charge in [0, 0.05) is 19.1 Å². The van der Waals surface area contributed by atoms with Crippen LogP contribution in [0.1, 0.15) is 0 Å². The molecular weight excluding hydrogens is 182 g/mol. The second kappa shape index (κ2) is 3.38. The van der Waals surface area contributed by atoms with Crippen LogP contribution in [0.3, 0.4) is 0 Å². The molecule has 0 bridgehead atoms. The third-order valence-electron chi connectivity index (χ3n) is 1.46. The molecule has 7 heteroatoms. The van der Waals surface area contributed by atoms with Crippen LogP contribution in [0.4, 0.5) is 0 Å². The summed E-state index contributed by atoms with van der Waals surface area (Å²) in [6.07, 6.45) is 0.